The number of aromatic nitrogens is 1. The summed E-state index contributed by atoms with van der Waals surface area (Å²) in [7, 11) is 0. The van der Waals surface area contributed by atoms with Crippen LogP contribution in [-0.4, -0.2) is 4.98 Å². The van der Waals surface area contributed by atoms with E-state index in [9.17, 15) is 0 Å². The van der Waals surface area contributed by atoms with E-state index >= 15 is 0 Å². The van der Waals surface area contributed by atoms with Gasteiger partial charge in [0.15, 0.2) is 0 Å². The Morgan fingerprint density at radius 1 is 0.783 bits per heavy atom. The fourth-order valence-corrected chi connectivity index (χ4v) is 2.64. The first-order valence-electron chi connectivity index (χ1n) is 7.94. The molecule has 0 N–H and O–H groups in total. The Morgan fingerprint density at radius 3 is 2.13 bits per heavy atom. The predicted octanol–water partition coefficient (Wildman–Crippen LogP) is 6.07. The minimum atomic E-state index is 1.01. The molecule has 3 aromatic rings. The summed E-state index contributed by atoms with van der Waals surface area (Å²) in [5, 5.41) is 0. The Balaban J connectivity index is 1.93. The Kier molecular flexibility index (Phi) is 4.38. The molecule has 0 saturated heterocycles. The van der Waals surface area contributed by atoms with Gasteiger partial charge in [-0.25, -0.2) is 0 Å². The second-order valence-electron chi connectivity index (χ2n) is 5.87. The molecule has 0 saturated carbocycles. The highest BCUT2D eigenvalue weighted by molar-refractivity contribution is 5.69. The maximum absolute atomic E-state index is 4.65. The molecule has 114 valence electrons. The third-order valence-corrected chi connectivity index (χ3v) is 4.07. The van der Waals surface area contributed by atoms with Crippen LogP contribution in [0.15, 0.2) is 66.9 Å². The quantitative estimate of drug-likeness (QED) is 0.572. The Hall–Kier alpha value is -2.67. The van der Waals surface area contributed by atoms with Crippen molar-refractivity contribution in [3.8, 4) is 22.4 Å². The summed E-state index contributed by atoms with van der Waals surface area (Å²) in [4.78, 5) is 4.65. The summed E-state index contributed by atoms with van der Waals surface area (Å²) in [5.41, 5.74) is 8.31. The van der Waals surface area contributed by atoms with Crippen LogP contribution >= 0.6 is 0 Å². The molecule has 1 heterocycles. The molecule has 0 atom stereocenters. The molecule has 1 aromatic heterocycles. The first kappa shape index (κ1) is 15.2. The van der Waals surface area contributed by atoms with Gasteiger partial charge in [0.1, 0.15) is 0 Å². The van der Waals surface area contributed by atoms with E-state index < -0.39 is 0 Å². The third kappa shape index (κ3) is 3.40. The van der Waals surface area contributed by atoms with Crippen LogP contribution in [0.5, 0.6) is 0 Å². The molecule has 0 aliphatic carbocycles. The minimum absolute atomic E-state index is 1.01. The molecule has 0 aliphatic rings. The average molecular weight is 299 g/mol. The van der Waals surface area contributed by atoms with Crippen molar-refractivity contribution in [2.75, 3.05) is 0 Å². The lowest BCUT2D eigenvalue weighted by Gasteiger charge is -2.07. The molecule has 0 bridgehead atoms. The van der Waals surface area contributed by atoms with Gasteiger partial charge in [-0.2, -0.15) is 0 Å². The summed E-state index contributed by atoms with van der Waals surface area (Å²) in [5.74, 6) is 0. The van der Waals surface area contributed by atoms with Crippen molar-refractivity contribution in [2.24, 2.45) is 0 Å². The minimum Gasteiger partial charge on any atom is -0.256 e. The first-order chi connectivity index (χ1) is 11.2. The number of pyridine rings is 1. The van der Waals surface area contributed by atoms with Gasteiger partial charge in [0.2, 0.25) is 0 Å². The van der Waals surface area contributed by atoms with Crippen molar-refractivity contribution in [1.29, 1.82) is 0 Å². The lowest BCUT2D eigenvalue weighted by molar-refractivity contribution is 1.31. The number of hydrogen-bond acceptors (Lipinski definition) is 1. The SMILES string of the molecule is C/C=C\c1cc(-c2ccc(-c3ccc(C)cc3)cn2)ccc1C. The maximum atomic E-state index is 4.65. The largest absolute Gasteiger partial charge is 0.256 e. The summed E-state index contributed by atoms with van der Waals surface area (Å²) in [6, 6.07) is 19.3. The summed E-state index contributed by atoms with van der Waals surface area (Å²) >= 11 is 0. The van der Waals surface area contributed by atoms with E-state index in [2.05, 4.69) is 85.6 Å². The van der Waals surface area contributed by atoms with E-state index in [0.717, 1.165) is 16.8 Å². The molecule has 0 amide bonds. The molecule has 23 heavy (non-hydrogen) atoms. The van der Waals surface area contributed by atoms with E-state index in [-0.39, 0.29) is 0 Å². The molecular formula is C22H21N. The monoisotopic (exact) mass is 299 g/mol. The zero-order valence-electron chi connectivity index (χ0n) is 13.9. The molecule has 1 nitrogen and oxygen atoms in total. The van der Waals surface area contributed by atoms with Crippen LogP contribution < -0.4 is 0 Å². The molecule has 0 radical (unpaired) electrons. The van der Waals surface area contributed by atoms with Crippen LogP contribution in [-0.2, 0) is 0 Å². The highest BCUT2D eigenvalue weighted by Crippen LogP contribution is 2.25. The van der Waals surface area contributed by atoms with E-state index in [1.165, 1.54) is 22.3 Å². The molecule has 0 aliphatic heterocycles. The molecule has 0 spiro atoms. The van der Waals surface area contributed by atoms with Gasteiger partial charge in [0.05, 0.1) is 5.69 Å². The average Bonchev–Trinajstić information content (AvgIpc) is 2.58. The molecule has 3 rings (SSSR count). The summed E-state index contributed by atoms with van der Waals surface area (Å²) < 4.78 is 0. The van der Waals surface area contributed by atoms with Crippen LogP contribution in [0.2, 0.25) is 0 Å². The Bertz CT molecular complexity index is 825. The van der Waals surface area contributed by atoms with Crippen LogP contribution in [0.4, 0.5) is 0 Å². The van der Waals surface area contributed by atoms with Crippen molar-refractivity contribution in [3.63, 3.8) is 0 Å². The molecule has 0 fully saturated rings. The van der Waals surface area contributed by atoms with E-state index in [4.69, 9.17) is 0 Å². The van der Waals surface area contributed by atoms with Crippen molar-refractivity contribution in [1.82, 2.24) is 4.98 Å². The van der Waals surface area contributed by atoms with Crippen molar-refractivity contribution in [2.45, 2.75) is 20.8 Å². The van der Waals surface area contributed by atoms with Crippen LogP contribution in [0.3, 0.4) is 0 Å². The first-order valence-corrected chi connectivity index (χ1v) is 7.94. The molecule has 0 unspecified atom stereocenters. The number of allylic oxidation sites excluding steroid dienone is 1. The zero-order chi connectivity index (χ0) is 16.2. The lowest BCUT2D eigenvalue weighted by Crippen LogP contribution is -1.88. The maximum Gasteiger partial charge on any atom is 0.0702 e. The normalized spacial score (nSPS) is 11.1. The third-order valence-electron chi connectivity index (χ3n) is 4.07. The second-order valence-corrected chi connectivity index (χ2v) is 5.87. The van der Waals surface area contributed by atoms with Crippen LogP contribution in [0.1, 0.15) is 23.6 Å². The topological polar surface area (TPSA) is 12.9 Å². The van der Waals surface area contributed by atoms with Gasteiger partial charge in [-0.05, 0) is 49.6 Å². The lowest BCUT2D eigenvalue weighted by atomic mass is 10.0. The van der Waals surface area contributed by atoms with Crippen LogP contribution in [0, 0.1) is 13.8 Å². The zero-order valence-corrected chi connectivity index (χ0v) is 13.9. The number of benzene rings is 2. The van der Waals surface area contributed by atoms with E-state index in [1.54, 1.807) is 0 Å². The Labute approximate surface area is 138 Å². The standard InChI is InChI=1S/C22H21N/c1-4-5-19-14-20(11-8-17(19)3)22-13-12-21(15-23-22)18-9-6-16(2)7-10-18/h4-15H,1-3H3/b5-4-. The summed E-state index contributed by atoms with van der Waals surface area (Å²) in [6.07, 6.45) is 6.16. The number of rotatable bonds is 3. The van der Waals surface area contributed by atoms with Gasteiger partial charge in [-0.1, -0.05) is 60.2 Å². The molecular weight excluding hydrogens is 278 g/mol. The van der Waals surface area contributed by atoms with Crippen molar-refractivity contribution >= 4 is 6.08 Å². The fourth-order valence-electron chi connectivity index (χ4n) is 2.64. The van der Waals surface area contributed by atoms with Crippen LogP contribution in [0.25, 0.3) is 28.5 Å². The van der Waals surface area contributed by atoms with Gasteiger partial charge in [0, 0.05) is 17.3 Å². The van der Waals surface area contributed by atoms with Crippen molar-refractivity contribution < 1.29 is 0 Å². The van der Waals surface area contributed by atoms with Crippen molar-refractivity contribution in [3.05, 3.63) is 83.6 Å². The van der Waals surface area contributed by atoms with E-state index in [0.29, 0.717) is 0 Å². The van der Waals surface area contributed by atoms with Gasteiger partial charge in [-0.15, -0.1) is 0 Å². The molecule has 1 heteroatoms. The molecule has 2 aromatic carbocycles. The number of hydrogen-bond donors (Lipinski definition) is 0. The van der Waals surface area contributed by atoms with Gasteiger partial charge in [-0.3, -0.25) is 4.98 Å². The van der Waals surface area contributed by atoms with Gasteiger partial charge < -0.3 is 0 Å². The van der Waals surface area contributed by atoms with Gasteiger partial charge >= 0.3 is 0 Å². The smallest absolute Gasteiger partial charge is 0.0702 e. The number of aryl methyl sites for hydroxylation is 2. The Morgan fingerprint density at radius 2 is 1.48 bits per heavy atom. The highest BCUT2D eigenvalue weighted by atomic mass is 14.7. The van der Waals surface area contributed by atoms with Gasteiger partial charge in [0.25, 0.3) is 0 Å². The predicted molar refractivity (Wildman–Crippen MR) is 99.3 cm³/mol. The number of nitrogens with zero attached hydrogens (tertiary/aromatic N) is 1. The summed E-state index contributed by atoms with van der Waals surface area (Å²) in [6.45, 7) is 6.28. The second kappa shape index (κ2) is 6.62. The van der Waals surface area contributed by atoms with E-state index in [1.807, 2.05) is 13.1 Å². The highest BCUT2D eigenvalue weighted by Gasteiger charge is 2.04. The fraction of sp³-hybridized carbons (Fsp3) is 0.136.